The third-order valence-corrected chi connectivity index (χ3v) is 5.22. The van der Waals surface area contributed by atoms with E-state index in [1.165, 1.54) is 0 Å². The van der Waals surface area contributed by atoms with Crippen LogP contribution >= 0.6 is 11.3 Å². The number of aromatic nitrogens is 1. The first kappa shape index (κ1) is 17.4. The topological polar surface area (TPSA) is 51.2 Å². The number of hydrogen-bond donors (Lipinski definition) is 1. The van der Waals surface area contributed by atoms with E-state index in [2.05, 4.69) is 30.2 Å². The van der Waals surface area contributed by atoms with Crippen LogP contribution in [0, 0.1) is 12.8 Å². The molecule has 0 aliphatic carbocycles. The molecule has 0 radical (unpaired) electrons. The molecule has 0 aliphatic heterocycles. The number of nitrogens with one attached hydrogen (secondary N) is 1. The molecule has 2 aromatic heterocycles. The number of carbonyl (C=O) groups excluding carboxylic acids is 1. The van der Waals surface area contributed by atoms with Crippen molar-refractivity contribution in [1.29, 1.82) is 0 Å². The first-order valence-electron chi connectivity index (χ1n) is 8.29. The van der Waals surface area contributed by atoms with Gasteiger partial charge in [0.1, 0.15) is 5.75 Å². The van der Waals surface area contributed by atoms with E-state index in [9.17, 15) is 4.79 Å². The van der Waals surface area contributed by atoms with Crippen molar-refractivity contribution in [2.24, 2.45) is 5.92 Å². The van der Waals surface area contributed by atoms with Gasteiger partial charge in [-0.15, -0.1) is 11.3 Å². The average molecular weight is 354 g/mol. The Bertz CT molecular complexity index is 888. The van der Waals surface area contributed by atoms with Gasteiger partial charge in [-0.3, -0.25) is 9.78 Å². The van der Waals surface area contributed by atoms with Crippen molar-refractivity contribution in [3.63, 3.8) is 0 Å². The maximum absolute atomic E-state index is 12.9. The lowest BCUT2D eigenvalue weighted by atomic mass is 10.0. The molecule has 1 atom stereocenters. The number of aryl methyl sites for hydroxylation is 1. The summed E-state index contributed by atoms with van der Waals surface area (Å²) in [5.41, 5.74) is 2.18. The number of rotatable bonds is 5. The van der Waals surface area contributed by atoms with Gasteiger partial charge in [0.05, 0.1) is 29.9 Å². The number of ether oxygens (including phenoxy) is 1. The first-order valence-corrected chi connectivity index (χ1v) is 9.17. The molecule has 1 amide bonds. The number of thiophene rings is 1. The minimum absolute atomic E-state index is 0.00657. The minimum Gasteiger partial charge on any atom is -0.497 e. The lowest BCUT2D eigenvalue weighted by molar-refractivity contribution is 0.0925. The summed E-state index contributed by atoms with van der Waals surface area (Å²) in [6.07, 6.45) is 0. The van der Waals surface area contributed by atoms with E-state index in [0.29, 0.717) is 11.5 Å². The van der Waals surface area contributed by atoms with Crippen LogP contribution < -0.4 is 10.1 Å². The van der Waals surface area contributed by atoms with E-state index in [4.69, 9.17) is 4.74 Å². The Labute approximate surface area is 151 Å². The summed E-state index contributed by atoms with van der Waals surface area (Å²) in [6, 6.07) is 11.6. The van der Waals surface area contributed by atoms with Gasteiger partial charge in [-0.05, 0) is 48.6 Å². The highest BCUT2D eigenvalue weighted by molar-refractivity contribution is 7.10. The lowest BCUT2D eigenvalue weighted by Gasteiger charge is -2.21. The van der Waals surface area contributed by atoms with Crippen LogP contribution in [0.3, 0.4) is 0 Å². The Morgan fingerprint density at radius 3 is 2.68 bits per heavy atom. The zero-order valence-corrected chi connectivity index (χ0v) is 15.7. The summed E-state index contributed by atoms with van der Waals surface area (Å²) in [4.78, 5) is 18.6. The second-order valence-corrected chi connectivity index (χ2v) is 7.37. The largest absolute Gasteiger partial charge is 0.497 e. The highest BCUT2D eigenvalue weighted by Crippen LogP contribution is 2.27. The minimum atomic E-state index is -0.0955. The number of fused-ring (bicyclic) bond motifs is 1. The molecule has 2 heterocycles. The molecular formula is C20H22N2O2S. The van der Waals surface area contributed by atoms with Gasteiger partial charge in [0, 0.05) is 10.3 Å². The Kier molecular flexibility index (Phi) is 5.04. The number of nitrogens with zero attached hydrogens (tertiary/aromatic N) is 1. The number of amides is 1. The van der Waals surface area contributed by atoms with E-state index < -0.39 is 0 Å². The van der Waals surface area contributed by atoms with Gasteiger partial charge >= 0.3 is 0 Å². The molecule has 0 saturated heterocycles. The molecule has 25 heavy (non-hydrogen) atoms. The molecule has 5 heteroatoms. The number of benzene rings is 1. The normalized spacial score (nSPS) is 12.4. The Morgan fingerprint density at radius 1 is 1.24 bits per heavy atom. The van der Waals surface area contributed by atoms with Crippen LogP contribution in [0.1, 0.15) is 40.8 Å². The lowest BCUT2D eigenvalue weighted by Crippen LogP contribution is -2.31. The van der Waals surface area contributed by atoms with E-state index in [0.717, 1.165) is 27.2 Å². The molecule has 3 rings (SSSR count). The second-order valence-electron chi connectivity index (χ2n) is 6.39. The number of carbonyl (C=O) groups is 1. The van der Waals surface area contributed by atoms with Crippen LogP contribution in [0.2, 0.25) is 0 Å². The summed E-state index contributed by atoms with van der Waals surface area (Å²) >= 11 is 1.66. The predicted molar refractivity (Wildman–Crippen MR) is 102 cm³/mol. The standard InChI is InChI=1S/C20H22N2O2S/c1-12(2)19(18-6-5-9-25-18)22-20(23)16-11-14-10-15(24-4)7-8-17(14)21-13(16)3/h5-12,19H,1-4H3,(H,22,23). The van der Waals surface area contributed by atoms with Crippen LogP contribution in [0.15, 0.2) is 41.8 Å². The van der Waals surface area contributed by atoms with Gasteiger partial charge in [-0.25, -0.2) is 0 Å². The van der Waals surface area contributed by atoms with Crippen molar-refractivity contribution in [2.75, 3.05) is 7.11 Å². The smallest absolute Gasteiger partial charge is 0.253 e. The van der Waals surface area contributed by atoms with Gasteiger partial charge in [0.15, 0.2) is 0 Å². The maximum Gasteiger partial charge on any atom is 0.253 e. The third kappa shape index (κ3) is 3.66. The Morgan fingerprint density at radius 2 is 2.04 bits per heavy atom. The van der Waals surface area contributed by atoms with E-state index >= 15 is 0 Å². The molecule has 130 valence electrons. The van der Waals surface area contributed by atoms with Gasteiger partial charge in [-0.1, -0.05) is 19.9 Å². The number of hydrogen-bond acceptors (Lipinski definition) is 4. The van der Waals surface area contributed by atoms with Crippen LogP contribution in [-0.2, 0) is 0 Å². The SMILES string of the molecule is COc1ccc2nc(C)c(C(=O)NC(c3cccs3)C(C)C)cc2c1. The van der Waals surface area contributed by atoms with Crippen molar-refractivity contribution in [2.45, 2.75) is 26.8 Å². The Hall–Kier alpha value is -2.40. The monoisotopic (exact) mass is 354 g/mol. The van der Waals surface area contributed by atoms with E-state index in [-0.39, 0.29) is 11.9 Å². The summed E-state index contributed by atoms with van der Waals surface area (Å²) < 4.78 is 5.27. The molecule has 1 aromatic carbocycles. The Balaban J connectivity index is 1.94. The fraction of sp³-hybridized carbons (Fsp3) is 0.300. The molecule has 4 nitrogen and oxygen atoms in total. The zero-order valence-electron chi connectivity index (χ0n) is 14.9. The van der Waals surface area contributed by atoms with E-state index in [1.807, 2.05) is 42.6 Å². The molecule has 0 bridgehead atoms. The highest BCUT2D eigenvalue weighted by Gasteiger charge is 2.21. The van der Waals surface area contributed by atoms with Crippen molar-refractivity contribution >= 4 is 28.1 Å². The number of methoxy groups -OCH3 is 1. The van der Waals surface area contributed by atoms with Gasteiger partial charge in [-0.2, -0.15) is 0 Å². The molecule has 0 aliphatic rings. The summed E-state index contributed by atoms with van der Waals surface area (Å²) in [7, 11) is 1.63. The summed E-state index contributed by atoms with van der Waals surface area (Å²) in [6.45, 7) is 6.09. The number of pyridine rings is 1. The van der Waals surface area contributed by atoms with Crippen molar-refractivity contribution in [3.05, 3.63) is 57.9 Å². The van der Waals surface area contributed by atoms with Gasteiger partial charge in [0.25, 0.3) is 5.91 Å². The zero-order chi connectivity index (χ0) is 18.0. The van der Waals surface area contributed by atoms with E-state index in [1.54, 1.807) is 18.4 Å². The first-order chi connectivity index (χ1) is 12.0. The second kappa shape index (κ2) is 7.23. The highest BCUT2D eigenvalue weighted by atomic mass is 32.1. The summed E-state index contributed by atoms with van der Waals surface area (Å²) in [5.74, 6) is 0.960. The van der Waals surface area contributed by atoms with Crippen molar-refractivity contribution < 1.29 is 9.53 Å². The summed E-state index contributed by atoms with van der Waals surface area (Å²) in [5, 5.41) is 6.10. The average Bonchev–Trinajstić information content (AvgIpc) is 3.12. The molecule has 3 aromatic rings. The predicted octanol–water partition coefficient (Wildman–Crippen LogP) is 4.74. The quantitative estimate of drug-likeness (QED) is 0.720. The van der Waals surface area contributed by atoms with Crippen LogP contribution in [0.4, 0.5) is 0 Å². The fourth-order valence-corrected chi connectivity index (χ4v) is 3.81. The fourth-order valence-electron chi connectivity index (χ4n) is 2.86. The van der Waals surface area contributed by atoms with Gasteiger partial charge in [0.2, 0.25) is 0 Å². The van der Waals surface area contributed by atoms with Crippen LogP contribution in [0.5, 0.6) is 5.75 Å². The third-order valence-electron chi connectivity index (χ3n) is 4.26. The molecule has 0 saturated carbocycles. The van der Waals surface area contributed by atoms with Crippen LogP contribution in [-0.4, -0.2) is 18.0 Å². The van der Waals surface area contributed by atoms with Crippen molar-refractivity contribution in [1.82, 2.24) is 10.3 Å². The molecule has 1 unspecified atom stereocenters. The molecule has 0 fully saturated rings. The van der Waals surface area contributed by atoms with Crippen molar-refractivity contribution in [3.8, 4) is 5.75 Å². The maximum atomic E-state index is 12.9. The molecule has 1 N–H and O–H groups in total. The molecule has 0 spiro atoms. The van der Waals surface area contributed by atoms with Gasteiger partial charge < -0.3 is 10.1 Å². The van der Waals surface area contributed by atoms with Crippen LogP contribution in [0.25, 0.3) is 10.9 Å². The molecular weight excluding hydrogens is 332 g/mol.